The maximum atomic E-state index is 13.4. The fraction of sp³-hybridized carbons (Fsp3) is 0.690. The summed E-state index contributed by atoms with van der Waals surface area (Å²) in [6.07, 6.45) is -4.48. The van der Waals surface area contributed by atoms with Gasteiger partial charge >= 0.3 is 40.9 Å². The minimum absolute atomic E-state index is 0.123. The predicted molar refractivity (Wildman–Crippen MR) is 173 cm³/mol. The molecular formula is C29H39Br2N3O15. The maximum absolute atomic E-state index is 13.4. The van der Waals surface area contributed by atoms with E-state index in [0.29, 0.717) is 33.2 Å². The van der Waals surface area contributed by atoms with E-state index in [9.17, 15) is 43.8 Å². The Kier molecular flexibility index (Phi) is 15.4. The van der Waals surface area contributed by atoms with Gasteiger partial charge in [-0.25, -0.2) is 28.1 Å². The van der Waals surface area contributed by atoms with Gasteiger partial charge < -0.3 is 38.6 Å². The Bertz CT molecular complexity index is 1520. The molecule has 3 heterocycles. The van der Waals surface area contributed by atoms with E-state index in [1.807, 2.05) is 6.92 Å². The molecule has 2 fully saturated rings. The first kappa shape index (κ1) is 40.3. The summed E-state index contributed by atoms with van der Waals surface area (Å²) in [4.78, 5) is 90.7. The van der Waals surface area contributed by atoms with Crippen molar-refractivity contribution in [1.82, 2.24) is 13.7 Å². The fourth-order valence-corrected chi connectivity index (χ4v) is 4.97. The molecule has 0 saturated carbocycles. The molecule has 18 nitrogen and oxygen atoms in total. The van der Waals surface area contributed by atoms with Gasteiger partial charge in [-0.2, -0.15) is 0 Å². The first-order valence-corrected chi connectivity index (χ1v) is 16.9. The number of aliphatic hydroxyl groups is 2. The van der Waals surface area contributed by atoms with Crippen molar-refractivity contribution in [1.29, 1.82) is 0 Å². The highest BCUT2D eigenvalue weighted by atomic mass is 79.9. The van der Waals surface area contributed by atoms with Crippen molar-refractivity contribution in [3.05, 3.63) is 40.4 Å². The van der Waals surface area contributed by atoms with Crippen molar-refractivity contribution in [2.24, 2.45) is 11.8 Å². The number of hydrogen-bond acceptors (Lipinski definition) is 15. The van der Waals surface area contributed by atoms with Crippen LogP contribution >= 0.6 is 31.9 Å². The highest BCUT2D eigenvalue weighted by Gasteiger charge is 2.40. The van der Waals surface area contributed by atoms with E-state index in [0.717, 1.165) is 16.2 Å². The lowest BCUT2D eigenvalue weighted by Gasteiger charge is -2.24. The van der Waals surface area contributed by atoms with E-state index in [-0.39, 0.29) is 19.7 Å². The Labute approximate surface area is 296 Å². The Hall–Kier alpha value is -3.17. The zero-order chi connectivity index (χ0) is 36.4. The van der Waals surface area contributed by atoms with Crippen LogP contribution in [0.5, 0.6) is 0 Å². The third-order valence-electron chi connectivity index (χ3n) is 7.30. The number of nitrogens with zero attached hydrogens (tertiary/aromatic N) is 3. The van der Waals surface area contributed by atoms with Crippen LogP contribution in [0.1, 0.15) is 33.1 Å². The van der Waals surface area contributed by atoms with Crippen LogP contribution < -0.4 is 17.1 Å². The standard InChI is InChI=1S/C29H39Br2N3O15/c1-4-21(30)22(31)14-47-24(38)6-20(25(39)48-10-15(2)35)19(5-23(37)44-3)26(40)49-11-16(36)7-32-27(41)33(8-17-12-45-17)29(43)34(28(32)42)9-18-13-46-18/h15-20,35-36H,4-14H2,1-3H3/b22-21+. The van der Waals surface area contributed by atoms with Crippen LogP contribution in [0.2, 0.25) is 0 Å². The lowest BCUT2D eigenvalue weighted by molar-refractivity contribution is -0.169. The fourth-order valence-electron chi connectivity index (χ4n) is 4.46. The van der Waals surface area contributed by atoms with E-state index >= 15 is 0 Å². The minimum atomic E-state index is -1.69. The van der Waals surface area contributed by atoms with Gasteiger partial charge in [0.1, 0.15) is 25.9 Å². The molecule has 20 heteroatoms. The summed E-state index contributed by atoms with van der Waals surface area (Å²) in [7, 11) is 1.04. The number of aliphatic hydroxyl groups excluding tert-OH is 2. The summed E-state index contributed by atoms with van der Waals surface area (Å²) < 4.78 is 33.9. The molecule has 1 aromatic heterocycles. The smallest absolute Gasteiger partial charge is 0.336 e. The second-order valence-corrected chi connectivity index (χ2v) is 13.3. The van der Waals surface area contributed by atoms with Crippen molar-refractivity contribution < 1.29 is 57.8 Å². The van der Waals surface area contributed by atoms with E-state index in [1.165, 1.54) is 6.92 Å². The number of halogens is 2. The van der Waals surface area contributed by atoms with E-state index in [1.54, 1.807) is 0 Å². The normalized spacial score (nSPS) is 19.5. The molecule has 0 spiro atoms. The highest BCUT2D eigenvalue weighted by molar-refractivity contribution is 9.14. The van der Waals surface area contributed by atoms with Crippen molar-refractivity contribution in [3.63, 3.8) is 0 Å². The monoisotopic (exact) mass is 827 g/mol. The summed E-state index contributed by atoms with van der Waals surface area (Å²) in [5.74, 6) is -7.57. The van der Waals surface area contributed by atoms with Crippen LogP contribution in [-0.4, -0.2) is 112 Å². The van der Waals surface area contributed by atoms with Gasteiger partial charge in [-0.3, -0.25) is 19.2 Å². The molecule has 2 saturated heterocycles. The predicted octanol–water partition coefficient (Wildman–Crippen LogP) is -1.06. The average molecular weight is 829 g/mol. The summed E-state index contributed by atoms with van der Waals surface area (Å²) in [5.41, 5.74) is -2.89. The topological polar surface area (TPSA) is 237 Å². The number of ether oxygens (including phenoxy) is 6. The molecule has 274 valence electrons. The number of epoxide rings is 2. The molecular weight excluding hydrogens is 790 g/mol. The van der Waals surface area contributed by atoms with Crippen LogP contribution in [0.3, 0.4) is 0 Å². The summed E-state index contributed by atoms with van der Waals surface area (Å²) in [6, 6.07) is 0. The molecule has 0 amide bonds. The Morgan fingerprint density at radius 3 is 1.71 bits per heavy atom. The van der Waals surface area contributed by atoms with Gasteiger partial charge in [0.15, 0.2) is 0 Å². The van der Waals surface area contributed by atoms with E-state index in [2.05, 4.69) is 36.6 Å². The van der Waals surface area contributed by atoms with Crippen LogP contribution in [0.4, 0.5) is 0 Å². The molecule has 6 atom stereocenters. The molecule has 0 bridgehead atoms. The van der Waals surface area contributed by atoms with Gasteiger partial charge in [-0.15, -0.1) is 0 Å². The Morgan fingerprint density at radius 1 is 0.796 bits per heavy atom. The zero-order valence-electron chi connectivity index (χ0n) is 27.0. The number of rotatable bonds is 20. The van der Waals surface area contributed by atoms with Gasteiger partial charge in [0.2, 0.25) is 0 Å². The lowest BCUT2D eigenvalue weighted by Crippen LogP contribution is -2.56. The average Bonchev–Trinajstić information content (AvgIpc) is 4.01. The highest BCUT2D eigenvalue weighted by Crippen LogP contribution is 2.26. The maximum Gasteiger partial charge on any atom is 0.336 e. The zero-order valence-corrected chi connectivity index (χ0v) is 30.2. The van der Waals surface area contributed by atoms with E-state index < -0.39 is 110 Å². The number of methoxy groups -OCH3 is 1. The number of carbonyl (C=O) groups excluding carboxylic acids is 4. The first-order chi connectivity index (χ1) is 23.2. The molecule has 2 N–H and O–H groups in total. The van der Waals surface area contributed by atoms with Crippen molar-refractivity contribution in [2.75, 3.05) is 40.1 Å². The molecule has 0 aliphatic carbocycles. The van der Waals surface area contributed by atoms with E-state index in [4.69, 9.17) is 23.7 Å². The van der Waals surface area contributed by atoms with Crippen LogP contribution in [0.25, 0.3) is 0 Å². The second kappa shape index (κ2) is 18.7. The van der Waals surface area contributed by atoms with Crippen LogP contribution in [0.15, 0.2) is 23.3 Å². The molecule has 6 unspecified atom stereocenters. The SMILES string of the molecule is CC/C(Br)=C(\Br)COC(=O)CC(C(=O)OCC(C)O)C(CC(=O)OC)C(=O)OCC(O)Cn1c(=O)n(CC2CO2)c(=O)n(CC2CO2)c1=O. The van der Waals surface area contributed by atoms with Gasteiger partial charge in [0.25, 0.3) is 0 Å². The number of esters is 4. The van der Waals surface area contributed by atoms with Crippen molar-refractivity contribution in [3.8, 4) is 0 Å². The summed E-state index contributed by atoms with van der Waals surface area (Å²) in [5, 5.41) is 20.4. The van der Waals surface area contributed by atoms with Gasteiger partial charge in [-0.1, -0.05) is 38.8 Å². The first-order valence-electron chi connectivity index (χ1n) is 15.3. The Balaban J connectivity index is 1.81. The summed E-state index contributed by atoms with van der Waals surface area (Å²) in [6.45, 7) is 1.34. The molecule has 0 aromatic carbocycles. The number of hydrogen-bond donors (Lipinski definition) is 2. The van der Waals surface area contributed by atoms with Crippen LogP contribution in [0, 0.1) is 11.8 Å². The quantitative estimate of drug-likeness (QED) is 0.0905. The summed E-state index contributed by atoms with van der Waals surface area (Å²) >= 11 is 6.59. The number of aromatic nitrogens is 3. The number of carbonyl (C=O) groups is 4. The largest absolute Gasteiger partial charge is 0.469 e. The second-order valence-electron chi connectivity index (χ2n) is 11.4. The molecule has 49 heavy (non-hydrogen) atoms. The molecule has 1 aromatic rings. The van der Waals surface area contributed by atoms with Gasteiger partial charge in [0.05, 0.1) is 82.9 Å². The third kappa shape index (κ3) is 12.3. The Morgan fingerprint density at radius 2 is 1.27 bits per heavy atom. The van der Waals surface area contributed by atoms with Gasteiger partial charge in [-0.05, 0) is 13.3 Å². The molecule has 0 radical (unpaired) electrons. The molecule has 3 rings (SSSR count). The molecule has 2 aliphatic rings. The lowest BCUT2D eigenvalue weighted by atomic mass is 9.86. The van der Waals surface area contributed by atoms with Crippen molar-refractivity contribution >= 4 is 55.7 Å². The van der Waals surface area contributed by atoms with Crippen LogP contribution in [-0.2, 0) is 67.2 Å². The van der Waals surface area contributed by atoms with Crippen molar-refractivity contribution in [2.45, 2.75) is 77.2 Å². The minimum Gasteiger partial charge on any atom is -0.469 e. The van der Waals surface area contributed by atoms with Gasteiger partial charge in [0, 0.05) is 8.96 Å². The number of allylic oxidation sites excluding steroid dienone is 1. The third-order valence-corrected chi connectivity index (χ3v) is 9.58. The molecule has 2 aliphatic heterocycles.